The lowest BCUT2D eigenvalue weighted by Crippen LogP contribution is -2.32. The predicted molar refractivity (Wildman–Crippen MR) is 151 cm³/mol. The third-order valence-corrected chi connectivity index (χ3v) is 10.4. The minimum atomic E-state index is -0.691. The van der Waals surface area contributed by atoms with E-state index in [1.54, 1.807) is 18.2 Å². The van der Waals surface area contributed by atoms with Crippen LogP contribution >= 0.6 is 34.4 Å². The molecule has 2 aliphatic heterocycles. The second-order valence-electron chi connectivity index (χ2n) is 9.45. The Kier molecular flexibility index (Phi) is 6.33. The first-order valence-electron chi connectivity index (χ1n) is 12.1. The second-order valence-corrected chi connectivity index (χ2v) is 12.5. The van der Waals surface area contributed by atoms with Gasteiger partial charge in [0.25, 0.3) is 0 Å². The van der Waals surface area contributed by atoms with E-state index in [1.807, 2.05) is 61.7 Å². The molecule has 4 heterocycles. The predicted octanol–water partition coefficient (Wildman–Crippen LogP) is 5.02. The number of aromatic nitrogens is 1. The van der Waals surface area contributed by atoms with E-state index in [2.05, 4.69) is 5.32 Å². The molecular weight excluding hydrogens is 539 g/mol. The number of carbonyl (C=O) groups is 3. The Morgan fingerprint density at radius 1 is 0.947 bits per heavy atom. The average molecular weight is 562 g/mol. The van der Waals surface area contributed by atoms with Gasteiger partial charge in [-0.05, 0) is 55.1 Å². The van der Waals surface area contributed by atoms with Crippen molar-refractivity contribution in [3.8, 4) is 0 Å². The Bertz CT molecular complexity index is 1620. The number of anilines is 2. The fourth-order valence-electron chi connectivity index (χ4n) is 5.05. The average Bonchev–Trinajstić information content (AvgIpc) is 3.58. The number of hydrogen-bond acceptors (Lipinski definition) is 7. The van der Waals surface area contributed by atoms with Crippen molar-refractivity contribution in [2.45, 2.75) is 36.6 Å². The molecule has 2 aromatic heterocycles. The van der Waals surface area contributed by atoms with Crippen LogP contribution < -0.4 is 15.1 Å². The summed E-state index contributed by atoms with van der Waals surface area (Å²) in [7, 11) is 0. The van der Waals surface area contributed by atoms with Crippen LogP contribution in [0.2, 0.25) is 0 Å². The first kappa shape index (κ1) is 24.8. The fraction of sp³-hybridized carbons (Fsp3) is 0.214. The maximum atomic E-state index is 13.8. The summed E-state index contributed by atoms with van der Waals surface area (Å²) in [6.45, 7) is 3.71. The zero-order valence-corrected chi connectivity index (χ0v) is 23.0. The van der Waals surface area contributed by atoms with Crippen LogP contribution in [0.25, 0.3) is 0 Å². The summed E-state index contributed by atoms with van der Waals surface area (Å²) in [6.07, 6.45) is 0. The lowest BCUT2D eigenvalue weighted by Gasteiger charge is -2.29. The van der Waals surface area contributed by atoms with Crippen LogP contribution in [0.3, 0.4) is 0 Å². The first-order valence-corrected chi connectivity index (χ1v) is 14.6. The van der Waals surface area contributed by atoms with Gasteiger partial charge in [0.2, 0.25) is 17.7 Å². The fourth-order valence-corrected chi connectivity index (χ4v) is 8.77. The minimum absolute atomic E-state index is 0.177. The monoisotopic (exact) mass is 561 g/mol. The van der Waals surface area contributed by atoms with Crippen molar-refractivity contribution in [3.05, 3.63) is 96.6 Å². The van der Waals surface area contributed by atoms with Gasteiger partial charge < -0.3 is 5.32 Å². The van der Waals surface area contributed by atoms with Crippen molar-refractivity contribution in [1.82, 2.24) is 4.57 Å². The van der Waals surface area contributed by atoms with Gasteiger partial charge in [0.15, 0.2) is 0 Å². The normalized spacial score (nSPS) is 20.4. The number of thiophene rings is 1. The molecule has 7 nitrogen and oxygen atoms in total. The molecule has 1 saturated heterocycles. The third-order valence-electron chi connectivity index (χ3n) is 6.79. The van der Waals surface area contributed by atoms with Gasteiger partial charge in [0, 0.05) is 21.4 Å². The van der Waals surface area contributed by atoms with E-state index >= 15 is 0 Å². The van der Waals surface area contributed by atoms with Gasteiger partial charge in [-0.3, -0.25) is 23.7 Å². The summed E-state index contributed by atoms with van der Waals surface area (Å²) >= 11 is 3.78. The van der Waals surface area contributed by atoms with E-state index in [1.165, 1.54) is 32.6 Å². The second kappa shape index (κ2) is 9.68. The van der Waals surface area contributed by atoms with E-state index in [4.69, 9.17) is 0 Å². The van der Waals surface area contributed by atoms with E-state index in [0.29, 0.717) is 16.4 Å². The lowest BCUT2D eigenvalue weighted by molar-refractivity contribution is -0.122. The Balaban J connectivity index is 1.38. The SMILES string of the molecule is Cc1ccc(N2C(=O)C3Sc4c(sc(=O)n4CC(=O)Nc4cccc(C)c4)C(c4cccs4)C3C2=O)cc1. The number of benzene rings is 2. The number of nitrogens with one attached hydrogen (secondary N) is 1. The number of thiazole rings is 1. The van der Waals surface area contributed by atoms with Crippen LogP contribution in [0.4, 0.5) is 11.4 Å². The van der Waals surface area contributed by atoms with Crippen LogP contribution in [0.15, 0.2) is 75.9 Å². The van der Waals surface area contributed by atoms with Gasteiger partial charge in [-0.2, -0.15) is 0 Å². The van der Waals surface area contributed by atoms with Gasteiger partial charge in [-0.25, -0.2) is 4.90 Å². The highest BCUT2D eigenvalue weighted by atomic mass is 32.2. The molecule has 1 N–H and O–H groups in total. The number of amides is 3. The molecule has 38 heavy (non-hydrogen) atoms. The molecule has 4 aromatic rings. The van der Waals surface area contributed by atoms with Crippen LogP contribution in [-0.2, 0) is 20.9 Å². The number of aryl methyl sites for hydroxylation is 2. The third kappa shape index (κ3) is 4.22. The molecule has 10 heteroatoms. The number of nitrogens with zero attached hydrogens (tertiary/aromatic N) is 2. The molecule has 0 saturated carbocycles. The number of imide groups is 1. The van der Waals surface area contributed by atoms with E-state index in [0.717, 1.165) is 32.2 Å². The van der Waals surface area contributed by atoms with Gasteiger partial charge in [-0.1, -0.05) is 59.0 Å². The molecule has 0 spiro atoms. The minimum Gasteiger partial charge on any atom is -0.325 e. The quantitative estimate of drug-likeness (QED) is 0.346. The molecule has 192 valence electrons. The van der Waals surface area contributed by atoms with Crippen molar-refractivity contribution in [2.24, 2.45) is 5.92 Å². The summed E-state index contributed by atoms with van der Waals surface area (Å²) in [4.78, 5) is 56.3. The summed E-state index contributed by atoms with van der Waals surface area (Å²) in [5.74, 6) is -1.95. The van der Waals surface area contributed by atoms with Crippen molar-refractivity contribution in [1.29, 1.82) is 0 Å². The van der Waals surface area contributed by atoms with E-state index in [-0.39, 0.29) is 29.1 Å². The number of thioether (sulfide) groups is 1. The van der Waals surface area contributed by atoms with Crippen LogP contribution in [0.5, 0.6) is 0 Å². The van der Waals surface area contributed by atoms with Crippen molar-refractivity contribution < 1.29 is 14.4 Å². The van der Waals surface area contributed by atoms with Crippen LogP contribution in [-0.4, -0.2) is 27.5 Å². The Labute approximate surface area is 231 Å². The van der Waals surface area contributed by atoms with Crippen molar-refractivity contribution in [3.63, 3.8) is 0 Å². The molecule has 2 aromatic carbocycles. The molecule has 3 atom stereocenters. The highest BCUT2D eigenvalue weighted by Gasteiger charge is 2.57. The summed E-state index contributed by atoms with van der Waals surface area (Å²) in [5.41, 5.74) is 3.24. The van der Waals surface area contributed by atoms with Crippen LogP contribution in [0, 0.1) is 19.8 Å². The number of fused-ring (bicyclic) bond motifs is 2. The molecular formula is C28H23N3O4S3. The molecule has 6 rings (SSSR count). The Hall–Kier alpha value is -3.47. The van der Waals surface area contributed by atoms with Gasteiger partial charge >= 0.3 is 4.87 Å². The highest BCUT2D eigenvalue weighted by Crippen LogP contribution is 2.54. The van der Waals surface area contributed by atoms with Gasteiger partial charge in [-0.15, -0.1) is 11.3 Å². The smallest absolute Gasteiger partial charge is 0.308 e. The molecule has 0 aliphatic carbocycles. The Morgan fingerprint density at radius 2 is 1.74 bits per heavy atom. The number of hydrogen-bond donors (Lipinski definition) is 1. The van der Waals surface area contributed by atoms with Crippen LogP contribution in [0.1, 0.15) is 26.8 Å². The molecule has 1 fully saturated rings. The number of carbonyl (C=O) groups excluding carboxylic acids is 3. The maximum Gasteiger partial charge on any atom is 0.308 e. The summed E-state index contributed by atoms with van der Waals surface area (Å²) in [5, 5.41) is 4.69. The molecule has 2 aliphatic rings. The van der Waals surface area contributed by atoms with E-state index < -0.39 is 17.1 Å². The topological polar surface area (TPSA) is 88.5 Å². The lowest BCUT2D eigenvalue weighted by atomic mass is 9.87. The standard InChI is InChI=1S/C28H23N3O4S3/c1-15-8-10-18(11-9-15)31-25(33)22-21(19-7-4-12-36-19)24-27(37-23(22)26(31)34)30(28(35)38-24)14-20(32)29-17-6-3-5-16(2)13-17/h3-13,21-23H,14H2,1-2H3,(H,29,32). The van der Waals surface area contributed by atoms with Gasteiger partial charge in [0.05, 0.1) is 16.6 Å². The zero-order chi connectivity index (χ0) is 26.6. The maximum absolute atomic E-state index is 13.8. The van der Waals surface area contributed by atoms with Crippen molar-refractivity contribution >= 4 is 63.5 Å². The zero-order valence-electron chi connectivity index (χ0n) is 20.5. The molecule has 3 amide bonds. The van der Waals surface area contributed by atoms with Crippen molar-refractivity contribution in [2.75, 3.05) is 10.2 Å². The Morgan fingerprint density at radius 3 is 2.45 bits per heavy atom. The largest absolute Gasteiger partial charge is 0.325 e. The molecule has 0 bridgehead atoms. The van der Waals surface area contributed by atoms with E-state index in [9.17, 15) is 19.2 Å². The number of rotatable bonds is 5. The first-order chi connectivity index (χ1) is 18.3. The highest BCUT2D eigenvalue weighted by molar-refractivity contribution is 8.00. The van der Waals surface area contributed by atoms with Gasteiger partial charge in [0.1, 0.15) is 11.8 Å². The molecule has 3 unspecified atom stereocenters. The molecule has 0 radical (unpaired) electrons. The summed E-state index contributed by atoms with van der Waals surface area (Å²) < 4.78 is 1.44. The summed E-state index contributed by atoms with van der Waals surface area (Å²) in [6, 6.07) is 18.6.